The van der Waals surface area contributed by atoms with Gasteiger partial charge in [0.2, 0.25) is 0 Å². The van der Waals surface area contributed by atoms with E-state index in [4.69, 9.17) is 14.9 Å². The number of nitrogens with zero attached hydrogens (tertiary/aromatic N) is 1. The van der Waals surface area contributed by atoms with E-state index in [2.05, 4.69) is 5.32 Å². The minimum Gasteiger partial charge on any atom is -0.492 e. The summed E-state index contributed by atoms with van der Waals surface area (Å²) in [6, 6.07) is 8.91. The van der Waals surface area contributed by atoms with Gasteiger partial charge in [0, 0.05) is 13.1 Å². The van der Waals surface area contributed by atoms with E-state index in [1.807, 2.05) is 30.3 Å². The van der Waals surface area contributed by atoms with Crippen LogP contribution in [-0.4, -0.2) is 60.0 Å². The quantitative estimate of drug-likeness (QED) is 0.596. The molecule has 3 N–H and O–H groups in total. The van der Waals surface area contributed by atoms with Crippen molar-refractivity contribution in [3.05, 3.63) is 30.3 Å². The maximum atomic E-state index is 12.3. The maximum Gasteiger partial charge on any atom is 0.317 e. The third-order valence-electron chi connectivity index (χ3n) is 4.27. The Bertz CT molecular complexity index is 548. The summed E-state index contributed by atoms with van der Waals surface area (Å²) in [7, 11) is 0. The molecule has 1 aromatic carbocycles. The first-order chi connectivity index (χ1) is 11.8. The predicted molar refractivity (Wildman–Crippen MR) is 94.6 cm³/mol. The van der Waals surface area contributed by atoms with E-state index < -0.39 is 17.3 Å². The van der Waals surface area contributed by atoms with Crippen LogP contribution in [0, 0.1) is 11.3 Å². The molecule has 0 fully saturated rings. The van der Waals surface area contributed by atoms with Gasteiger partial charge in [-0.2, -0.15) is 0 Å². The second kappa shape index (κ2) is 9.88. The number of aliphatic hydroxyl groups excluding tert-OH is 1. The minimum atomic E-state index is -0.900. The van der Waals surface area contributed by atoms with Crippen LogP contribution in [-0.2, 0) is 4.79 Å². The van der Waals surface area contributed by atoms with Crippen molar-refractivity contribution in [2.45, 2.75) is 20.8 Å². The van der Waals surface area contributed by atoms with E-state index in [1.54, 1.807) is 20.8 Å². The molecule has 0 heterocycles. The van der Waals surface area contributed by atoms with E-state index >= 15 is 0 Å². The van der Waals surface area contributed by atoms with Crippen molar-refractivity contribution in [3.8, 4) is 5.75 Å². The number of aliphatic carboxylic acids is 1. The van der Waals surface area contributed by atoms with Gasteiger partial charge >= 0.3 is 12.0 Å². The Hall–Kier alpha value is -2.28. The third-order valence-corrected chi connectivity index (χ3v) is 4.27. The number of carboxylic acids is 1. The fourth-order valence-electron chi connectivity index (χ4n) is 2.13. The lowest BCUT2D eigenvalue weighted by molar-refractivity contribution is -0.144. The summed E-state index contributed by atoms with van der Waals surface area (Å²) in [5, 5.41) is 21.0. The lowest BCUT2D eigenvalue weighted by atomic mass is 9.80. The Morgan fingerprint density at radius 3 is 2.44 bits per heavy atom. The molecule has 0 saturated carbocycles. The molecule has 1 atom stereocenters. The number of carbonyl (C=O) groups excluding carboxylic acids is 1. The maximum absolute atomic E-state index is 12.3. The number of ether oxygens (including phenoxy) is 1. The second-order valence-electron chi connectivity index (χ2n) is 6.58. The monoisotopic (exact) mass is 352 g/mol. The Kier molecular flexibility index (Phi) is 8.21. The molecular weight excluding hydrogens is 324 g/mol. The number of carboxylic acid groups (broad SMARTS) is 1. The van der Waals surface area contributed by atoms with E-state index in [0.29, 0.717) is 18.9 Å². The zero-order valence-electron chi connectivity index (χ0n) is 15.1. The number of aliphatic hydroxyl groups is 1. The topological polar surface area (TPSA) is 99.1 Å². The minimum absolute atomic E-state index is 0.159. The zero-order valence-corrected chi connectivity index (χ0v) is 15.1. The number of para-hydroxylation sites is 1. The summed E-state index contributed by atoms with van der Waals surface area (Å²) >= 11 is 0. The van der Waals surface area contributed by atoms with Crippen LogP contribution in [0.2, 0.25) is 0 Å². The predicted octanol–water partition coefficient (Wildman–Crippen LogP) is 1.82. The molecule has 0 aliphatic heterocycles. The number of benzene rings is 1. The summed E-state index contributed by atoms with van der Waals surface area (Å²) < 4.78 is 5.57. The van der Waals surface area contributed by atoms with Gasteiger partial charge < -0.3 is 25.2 Å². The molecule has 2 amide bonds. The molecule has 7 nitrogen and oxygen atoms in total. The highest BCUT2D eigenvalue weighted by Gasteiger charge is 2.32. The number of nitrogens with one attached hydrogen (secondary N) is 1. The molecule has 25 heavy (non-hydrogen) atoms. The molecule has 0 aliphatic carbocycles. The van der Waals surface area contributed by atoms with Gasteiger partial charge in [-0.1, -0.05) is 39.0 Å². The normalized spacial score (nSPS) is 12.3. The van der Waals surface area contributed by atoms with Gasteiger partial charge in [0.05, 0.1) is 19.1 Å². The summed E-state index contributed by atoms with van der Waals surface area (Å²) in [5.74, 6) is -0.786. The number of hydrogen-bond acceptors (Lipinski definition) is 4. The van der Waals surface area contributed by atoms with Gasteiger partial charge in [-0.3, -0.25) is 4.79 Å². The van der Waals surface area contributed by atoms with Crippen LogP contribution in [0.5, 0.6) is 5.75 Å². The molecule has 1 rings (SSSR count). The average Bonchev–Trinajstić information content (AvgIpc) is 2.59. The third kappa shape index (κ3) is 7.01. The van der Waals surface area contributed by atoms with Crippen molar-refractivity contribution in [2.24, 2.45) is 11.3 Å². The fourth-order valence-corrected chi connectivity index (χ4v) is 2.13. The fraction of sp³-hybridized carbons (Fsp3) is 0.556. The summed E-state index contributed by atoms with van der Waals surface area (Å²) in [6.07, 6.45) is 0. The molecule has 0 saturated heterocycles. The van der Waals surface area contributed by atoms with Crippen LogP contribution >= 0.6 is 0 Å². The summed E-state index contributed by atoms with van der Waals surface area (Å²) in [4.78, 5) is 24.9. The van der Waals surface area contributed by atoms with Gasteiger partial charge in [-0.05, 0) is 17.5 Å². The molecule has 0 spiro atoms. The first-order valence-corrected chi connectivity index (χ1v) is 8.32. The van der Waals surface area contributed by atoms with Crippen LogP contribution in [0.15, 0.2) is 30.3 Å². The van der Waals surface area contributed by atoms with E-state index in [9.17, 15) is 9.59 Å². The smallest absolute Gasteiger partial charge is 0.317 e. The largest absolute Gasteiger partial charge is 0.492 e. The van der Waals surface area contributed by atoms with Gasteiger partial charge in [0.1, 0.15) is 12.4 Å². The van der Waals surface area contributed by atoms with Crippen LogP contribution in [0.1, 0.15) is 20.8 Å². The first-order valence-electron chi connectivity index (χ1n) is 8.32. The Morgan fingerprint density at radius 2 is 1.88 bits per heavy atom. The lowest BCUT2D eigenvalue weighted by Crippen LogP contribution is -2.48. The van der Waals surface area contributed by atoms with E-state index in [1.165, 1.54) is 4.90 Å². The summed E-state index contributed by atoms with van der Waals surface area (Å²) in [5.41, 5.74) is -0.590. The molecule has 0 aliphatic rings. The van der Waals surface area contributed by atoms with Crippen molar-refractivity contribution in [1.82, 2.24) is 10.2 Å². The number of hydrogen-bond donors (Lipinski definition) is 3. The van der Waals surface area contributed by atoms with Crippen molar-refractivity contribution < 1.29 is 24.5 Å². The molecule has 0 aromatic heterocycles. The van der Waals surface area contributed by atoms with E-state index in [-0.39, 0.29) is 25.7 Å². The molecule has 7 heteroatoms. The van der Waals surface area contributed by atoms with Crippen LogP contribution < -0.4 is 10.1 Å². The molecular formula is C18H28N2O5. The Balaban J connectivity index is 2.51. The average molecular weight is 352 g/mol. The highest BCUT2D eigenvalue weighted by atomic mass is 16.5. The zero-order chi connectivity index (χ0) is 18.9. The van der Waals surface area contributed by atoms with Gasteiger partial charge in [-0.25, -0.2) is 4.79 Å². The number of carbonyl (C=O) groups is 2. The number of rotatable bonds is 10. The van der Waals surface area contributed by atoms with Crippen molar-refractivity contribution in [2.75, 3.05) is 32.8 Å². The van der Waals surface area contributed by atoms with Crippen molar-refractivity contribution in [1.29, 1.82) is 0 Å². The van der Waals surface area contributed by atoms with Crippen LogP contribution in [0.4, 0.5) is 4.79 Å². The van der Waals surface area contributed by atoms with Gasteiger partial charge in [0.25, 0.3) is 0 Å². The molecule has 0 radical (unpaired) electrons. The number of urea groups is 1. The molecule has 1 aromatic rings. The van der Waals surface area contributed by atoms with Crippen LogP contribution in [0.3, 0.4) is 0 Å². The Labute approximate surface area is 148 Å². The standard InChI is InChI=1S/C18H28N2O5/c1-14(16(22)23)18(2,3)13-19-17(24)20(9-11-21)10-12-25-15-7-5-4-6-8-15/h4-8,14,21H,9-13H2,1-3H3,(H,19,24)(H,22,23)/t14-/m1/s1. The highest BCUT2D eigenvalue weighted by Crippen LogP contribution is 2.25. The van der Waals surface area contributed by atoms with Crippen molar-refractivity contribution in [3.63, 3.8) is 0 Å². The SMILES string of the molecule is C[C@H](C(=O)O)C(C)(C)CNC(=O)N(CCO)CCOc1ccccc1. The van der Waals surface area contributed by atoms with Crippen LogP contribution in [0.25, 0.3) is 0 Å². The number of amides is 2. The Morgan fingerprint density at radius 1 is 1.24 bits per heavy atom. The molecule has 0 bridgehead atoms. The van der Waals surface area contributed by atoms with Gasteiger partial charge in [-0.15, -0.1) is 0 Å². The molecule has 0 unspecified atom stereocenters. The highest BCUT2D eigenvalue weighted by molar-refractivity contribution is 5.74. The lowest BCUT2D eigenvalue weighted by Gasteiger charge is -2.31. The van der Waals surface area contributed by atoms with E-state index in [0.717, 1.165) is 0 Å². The molecule has 140 valence electrons. The first kappa shape index (κ1) is 20.8. The summed E-state index contributed by atoms with van der Waals surface area (Å²) in [6.45, 7) is 6.06. The van der Waals surface area contributed by atoms with Gasteiger partial charge in [0.15, 0.2) is 0 Å². The van der Waals surface area contributed by atoms with Crippen molar-refractivity contribution >= 4 is 12.0 Å². The second-order valence-corrected chi connectivity index (χ2v) is 6.58.